The van der Waals surface area contributed by atoms with E-state index < -0.39 is 26.2 Å². The van der Waals surface area contributed by atoms with Crippen molar-refractivity contribution in [2.45, 2.75) is 42.2 Å². The molecule has 1 fully saturated rings. The van der Waals surface area contributed by atoms with Gasteiger partial charge in [0.15, 0.2) is 9.84 Å². The van der Waals surface area contributed by atoms with Gasteiger partial charge < -0.3 is 14.9 Å². The molecule has 1 aliphatic carbocycles. The van der Waals surface area contributed by atoms with Gasteiger partial charge >= 0.3 is 11.1 Å². The van der Waals surface area contributed by atoms with Crippen molar-refractivity contribution in [3.05, 3.63) is 32.8 Å². The second-order valence-corrected chi connectivity index (χ2v) is 8.61. The summed E-state index contributed by atoms with van der Waals surface area (Å²) in [5, 5.41) is -0.435. The average molecular weight is 351 g/mol. The van der Waals surface area contributed by atoms with Crippen molar-refractivity contribution < 1.29 is 8.42 Å². The summed E-state index contributed by atoms with van der Waals surface area (Å²) in [5.41, 5.74) is 5.56. The summed E-state index contributed by atoms with van der Waals surface area (Å²) < 4.78 is 28.3. The highest BCUT2D eigenvalue weighted by Crippen LogP contribution is 2.33. The molecule has 0 bridgehead atoms. The number of benzene rings is 1. The first-order chi connectivity index (χ1) is 11.2. The fourth-order valence-corrected chi connectivity index (χ4v) is 5.39. The molecule has 2 aromatic rings. The molecule has 1 aromatic carbocycles. The Bertz CT molecular complexity index is 1030. The third-order valence-corrected chi connectivity index (χ3v) is 7.24. The number of nitrogen functional groups attached to an aromatic ring is 1. The Morgan fingerprint density at radius 2 is 1.46 bits per heavy atom. The minimum Gasteiger partial charge on any atom is -0.398 e. The van der Waals surface area contributed by atoms with Gasteiger partial charge in [-0.3, -0.25) is 9.59 Å². The fraction of sp³-hybridized carbons (Fsp3) is 0.500. The predicted octanol–water partition coefficient (Wildman–Crippen LogP) is 0.926. The molecule has 24 heavy (non-hydrogen) atoms. The van der Waals surface area contributed by atoms with Gasteiger partial charge in [0.05, 0.1) is 26.9 Å². The van der Waals surface area contributed by atoms with Crippen molar-refractivity contribution in [3.63, 3.8) is 0 Å². The molecule has 130 valence electrons. The quantitative estimate of drug-likeness (QED) is 0.640. The van der Waals surface area contributed by atoms with Crippen LogP contribution in [0.1, 0.15) is 32.1 Å². The maximum Gasteiger partial charge on any atom is 0.316 e. The van der Waals surface area contributed by atoms with Crippen LogP contribution >= 0.6 is 0 Å². The molecule has 7 nitrogen and oxygen atoms in total. The van der Waals surface area contributed by atoms with Gasteiger partial charge in [0, 0.05) is 14.1 Å². The topological polar surface area (TPSA) is 104 Å². The van der Waals surface area contributed by atoms with E-state index in [1.54, 1.807) is 0 Å². The van der Waals surface area contributed by atoms with E-state index in [-0.39, 0.29) is 10.6 Å². The Hall–Kier alpha value is -2.09. The summed E-state index contributed by atoms with van der Waals surface area (Å²) in [6.45, 7) is 0. The summed E-state index contributed by atoms with van der Waals surface area (Å²) in [4.78, 5) is 24.0. The first-order valence-electron chi connectivity index (χ1n) is 7.98. The molecule has 2 N–H and O–H groups in total. The third kappa shape index (κ3) is 2.45. The van der Waals surface area contributed by atoms with E-state index >= 15 is 0 Å². The normalized spacial score (nSPS) is 16.6. The first kappa shape index (κ1) is 16.8. The van der Waals surface area contributed by atoms with Crippen molar-refractivity contribution >= 4 is 26.6 Å². The van der Waals surface area contributed by atoms with E-state index in [0.29, 0.717) is 23.9 Å². The Balaban J connectivity index is 2.29. The first-order valence-corrected chi connectivity index (χ1v) is 9.53. The number of aromatic nitrogens is 2. The van der Waals surface area contributed by atoms with Crippen LogP contribution in [0.2, 0.25) is 0 Å². The van der Waals surface area contributed by atoms with E-state index in [1.165, 1.54) is 35.4 Å². The molecule has 0 radical (unpaired) electrons. The molecular weight excluding hydrogens is 330 g/mol. The molecule has 1 aromatic heterocycles. The standard InChI is InChI=1S/C16H21N3O4S/c1-18-12-8-11(17)14(9-13(12)19(2)16(21)15(18)20)24(22,23)10-6-4-3-5-7-10/h8-10H,3-7,17H2,1-2H3. The zero-order valence-electron chi connectivity index (χ0n) is 13.8. The number of hydrogen-bond donors (Lipinski definition) is 1. The van der Waals surface area contributed by atoms with Crippen molar-refractivity contribution in [1.82, 2.24) is 9.13 Å². The van der Waals surface area contributed by atoms with Crippen LogP contribution in [-0.2, 0) is 23.9 Å². The number of hydrogen-bond acceptors (Lipinski definition) is 5. The van der Waals surface area contributed by atoms with Gasteiger partial charge in [-0.1, -0.05) is 19.3 Å². The van der Waals surface area contributed by atoms with Gasteiger partial charge in [-0.2, -0.15) is 0 Å². The zero-order valence-corrected chi connectivity index (χ0v) is 14.6. The van der Waals surface area contributed by atoms with E-state index in [4.69, 9.17) is 5.73 Å². The van der Waals surface area contributed by atoms with Crippen LogP contribution in [-0.4, -0.2) is 22.8 Å². The molecule has 1 saturated carbocycles. The third-order valence-electron chi connectivity index (χ3n) is 4.92. The number of rotatable bonds is 2. The zero-order chi connectivity index (χ0) is 17.6. The van der Waals surface area contributed by atoms with Crippen LogP contribution in [0.4, 0.5) is 5.69 Å². The Labute approximate surface area is 139 Å². The van der Waals surface area contributed by atoms with Gasteiger partial charge in [0.2, 0.25) is 0 Å². The van der Waals surface area contributed by atoms with Gasteiger partial charge in [0.25, 0.3) is 0 Å². The van der Waals surface area contributed by atoms with Crippen LogP contribution in [0.3, 0.4) is 0 Å². The second-order valence-electron chi connectivity index (χ2n) is 6.41. The van der Waals surface area contributed by atoms with E-state index in [1.807, 2.05) is 0 Å². The number of nitrogens with two attached hydrogens (primary N) is 1. The van der Waals surface area contributed by atoms with Crippen LogP contribution in [0.15, 0.2) is 26.6 Å². The molecule has 0 aliphatic heterocycles. The highest BCUT2D eigenvalue weighted by molar-refractivity contribution is 7.92. The smallest absolute Gasteiger partial charge is 0.316 e. The van der Waals surface area contributed by atoms with Crippen LogP contribution < -0.4 is 16.9 Å². The monoisotopic (exact) mass is 351 g/mol. The molecule has 0 spiro atoms. The van der Waals surface area contributed by atoms with Crippen molar-refractivity contribution in [1.29, 1.82) is 0 Å². The van der Waals surface area contributed by atoms with Crippen LogP contribution in [0, 0.1) is 0 Å². The van der Waals surface area contributed by atoms with Crippen LogP contribution in [0.5, 0.6) is 0 Å². The molecule has 0 amide bonds. The highest BCUT2D eigenvalue weighted by atomic mass is 32.2. The predicted molar refractivity (Wildman–Crippen MR) is 92.9 cm³/mol. The lowest BCUT2D eigenvalue weighted by molar-refractivity contribution is 0.484. The largest absolute Gasteiger partial charge is 0.398 e. The molecule has 3 rings (SSSR count). The Morgan fingerprint density at radius 3 is 2.00 bits per heavy atom. The SMILES string of the molecule is Cn1c(=O)c(=O)n(C)c2cc(S(=O)(=O)C3CCCCC3)c(N)cc21. The summed E-state index contributed by atoms with van der Waals surface area (Å²) in [6, 6.07) is 2.89. The minimum atomic E-state index is -3.56. The summed E-state index contributed by atoms with van der Waals surface area (Å²) >= 11 is 0. The van der Waals surface area contributed by atoms with Gasteiger partial charge in [0.1, 0.15) is 0 Å². The number of aryl methyl sites for hydroxylation is 2. The minimum absolute atomic E-state index is 0.0514. The van der Waals surface area contributed by atoms with Crippen LogP contribution in [0.25, 0.3) is 11.0 Å². The van der Waals surface area contributed by atoms with E-state index in [2.05, 4.69) is 0 Å². The molecule has 0 unspecified atom stereocenters. The number of sulfone groups is 1. The van der Waals surface area contributed by atoms with Crippen molar-refractivity contribution in [2.75, 3.05) is 5.73 Å². The van der Waals surface area contributed by atoms with Gasteiger partial charge in [-0.05, 0) is 25.0 Å². The summed E-state index contributed by atoms with van der Waals surface area (Å²) in [6.07, 6.45) is 4.10. The Morgan fingerprint density at radius 1 is 0.958 bits per heavy atom. The molecule has 0 atom stereocenters. The lowest BCUT2D eigenvalue weighted by Crippen LogP contribution is -2.39. The van der Waals surface area contributed by atoms with Crippen molar-refractivity contribution in [3.8, 4) is 0 Å². The molecule has 8 heteroatoms. The molecule has 1 aliphatic rings. The average Bonchev–Trinajstić information content (AvgIpc) is 2.58. The lowest BCUT2D eigenvalue weighted by atomic mass is 10.0. The number of anilines is 1. The van der Waals surface area contributed by atoms with Gasteiger partial charge in [-0.25, -0.2) is 8.42 Å². The lowest BCUT2D eigenvalue weighted by Gasteiger charge is -2.23. The molecular formula is C16H21N3O4S. The number of fused-ring (bicyclic) bond motifs is 1. The number of nitrogens with zero attached hydrogens (tertiary/aromatic N) is 2. The van der Waals surface area contributed by atoms with E-state index in [9.17, 15) is 18.0 Å². The van der Waals surface area contributed by atoms with Crippen molar-refractivity contribution in [2.24, 2.45) is 14.1 Å². The maximum atomic E-state index is 13.0. The molecule has 1 heterocycles. The highest BCUT2D eigenvalue weighted by Gasteiger charge is 2.31. The second kappa shape index (κ2) is 5.77. The van der Waals surface area contributed by atoms with Gasteiger partial charge in [-0.15, -0.1) is 0 Å². The summed E-state index contributed by atoms with van der Waals surface area (Å²) in [5.74, 6) is 0. The molecule has 0 saturated heterocycles. The summed E-state index contributed by atoms with van der Waals surface area (Å²) in [7, 11) is -0.634. The van der Waals surface area contributed by atoms with E-state index in [0.717, 1.165) is 19.3 Å². The maximum absolute atomic E-state index is 13.0. The Kier molecular flexibility index (Phi) is 4.03. The fourth-order valence-electron chi connectivity index (χ4n) is 3.42.